The molecule has 0 atom stereocenters. The highest BCUT2D eigenvalue weighted by Gasteiger charge is 2.05. The van der Waals surface area contributed by atoms with Gasteiger partial charge in [0.15, 0.2) is 0 Å². The standard InChI is InChI=1S/C15H14BrClFNO/c1-2-20-15-6-4-12(8-13(15)17)19-9-10-7-11(16)3-5-14(10)18/h3-8,19H,2,9H2,1H3. The summed E-state index contributed by atoms with van der Waals surface area (Å²) in [7, 11) is 0. The smallest absolute Gasteiger partial charge is 0.138 e. The summed E-state index contributed by atoms with van der Waals surface area (Å²) in [4.78, 5) is 0. The number of rotatable bonds is 5. The lowest BCUT2D eigenvalue weighted by Gasteiger charge is -2.10. The van der Waals surface area contributed by atoms with Crippen molar-refractivity contribution in [2.24, 2.45) is 0 Å². The molecule has 2 aromatic carbocycles. The summed E-state index contributed by atoms with van der Waals surface area (Å²) in [5.41, 5.74) is 1.40. The van der Waals surface area contributed by atoms with Gasteiger partial charge in [-0.3, -0.25) is 0 Å². The van der Waals surface area contributed by atoms with Gasteiger partial charge < -0.3 is 10.1 Å². The zero-order valence-electron chi connectivity index (χ0n) is 10.9. The van der Waals surface area contributed by atoms with E-state index >= 15 is 0 Å². The van der Waals surface area contributed by atoms with E-state index in [2.05, 4.69) is 21.2 Å². The molecule has 2 aromatic rings. The number of halogens is 3. The minimum absolute atomic E-state index is 0.238. The van der Waals surface area contributed by atoms with Gasteiger partial charge in [0.25, 0.3) is 0 Å². The first-order valence-electron chi connectivity index (χ1n) is 6.20. The Morgan fingerprint density at radius 1 is 1.25 bits per heavy atom. The maximum Gasteiger partial charge on any atom is 0.138 e. The van der Waals surface area contributed by atoms with Crippen LogP contribution in [0.4, 0.5) is 10.1 Å². The Bertz CT molecular complexity index is 606. The number of anilines is 1. The van der Waals surface area contributed by atoms with Gasteiger partial charge in [-0.1, -0.05) is 27.5 Å². The largest absolute Gasteiger partial charge is 0.492 e. The van der Waals surface area contributed by atoms with Crippen molar-refractivity contribution in [3.8, 4) is 5.75 Å². The molecule has 2 nitrogen and oxygen atoms in total. The lowest BCUT2D eigenvalue weighted by atomic mass is 10.2. The van der Waals surface area contributed by atoms with Gasteiger partial charge >= 0.3 is 0 Å². The topological polar surface area (TPSA) is 21.3 Å². The molecule has 20 heavy (non-hydrogen) atoms. The number of benzene rings is 2. The molecule has 0 saturated carbocycles. The predicted molar refractivity (Wildman–Crippen MR) is 84.0 cm³/mol. The van der Waals surface area contributed by atoms with E-state index in [1.807, 2.05) is 13.0 Å². The van der Waals surface area contributed by atoms with Crippen molar-refractivity contribution in [2.75, 3.05) is 11.9 Å². The summed E-state index contributed by atoms with van der Waals surface area (Å²) < 4.78 is 19.8. The van der Waals surface area contributed by atoms with Crippen LogP contribution in [-0.4, -0.2) is 6.61 Å². The fourth-order valence-corrected chi connectivity index (χ4v) is 2.40. The third-order valence-electron chi connectivity index (χ3n) is 2.72. The summed E-state index contributed by atoms with van der Waals surface area (Å²) in [5, 5.41) is 3.67. The molecule has 0 aromatic heterocycles. The summed E-state index contributed by atoms with van der Waals surface area (Å²) in [6.07, 6.45) is 0. The average molecular weight is 359 g/mol. The van der Waals surface area contributed by atoms with Crippen molar-refractivity contribution in [2.45, 2.75) is 13.5 Å². The summed E-state index contributed by atoms with van der Waals surface area (Å²) in [5.74, 6) is 0.408. The van der Waals surface area contributed by atoms with Gasteiger partial charge in [0.2, 0.25) is 0 Å². The Kier molecular flexibility index (Phi) is 5.26. The quantitative estimate of drug-likeness (QED) is 0.788. The number of nitrogens with one attached hydrogen (secondary N) is 1. The molecule has 0 fully saturated rings. The molecule has 0 heterocycles. The van der Waals surface area contributed by atoms with Gasteiger partial charge in [-0.15, -0.1) is 0 Å². The first kappa shape index (κ1) is 15.1. The fraction of sp³-hybridized carbons (Fsp3) is 0.200. The number of hydrogen-bond acceptors (Lipinski definition) is 2. The van der Waals surface area contributed by atoms with Crippen LogP contribution in [0.2, 0.25) is 5.02 Å². The molecule has 5 heteroatoms. The molecule has 0 spiro atoms. The van der Waals surface area contributed by atoms with Crippen LogP contribution in [0.15, 0.2) is 40.9 Å². The second-order valence-electron chi connectivity index (χ2n) is 4.17. The maximum absolute atomic E-state index is 13.6. The zero-order valence-corrected chi connectivity index (χ0v) is 13.3. The van der Waals surface area contributed by atoms with Crippen LogP contribution < -0.4 is 10.1 Å². The van der Waals surface area contributed by atoms with Crippen molar-refractivity contribution in [3.63, 3.8) is 0 Å². The molecule has 0 unspecified atom stereocenters. The molecule has 0 aliphatic heterocycles. The van der Waals surface area contributed by atoms with Crippen LogP contribution in [0, 0.1) is 5.82 Å². The van der Waals surface area contributed by atoms with E-state index in [1.165, 1.54) is 6.07 Å². The van der Waals surface area contributed by atoms with Crippen LogP contribution in [-0.2, 0) is 6.54 Å². The Labute approximate surface area is 131 Å². The molecule has 0 amide bonds. The second-order valence-corrected chi connectivity index (χ2v) is 5.49. The van der Waals surface area contributed by atoms with E-state index in [1.54, 1.807) is 24.3 Å². The summed E-state index contributed by atoms with van der Waals surface area (Å²) in [6, 6.07) is 10.3. The van der Waals surface area contributed by atoms with E-state index in [0.29, 0.717) is 29.5 Å². The molecule has 2 rings (SSSR count). The van der Waals surface area contributed by atoms with E-state index in [0.717, 1.165) is 10.2 Å². The van der Waals surface area contributed by atoms with Crippen molar-refractivity contribution >= 4 is 33.2 Å². The predicted octanol–water partition coefficient (Wildman–Crippen LogP) is 5.25. The van der Waals surface area contributed by atoms with E-state index in [-0.39, 0.29) is 5.82 Å². The van der Waals surface area contributed by atoms with Crippen LogP contribution in [0.25, 0.3) is 0 Å². The van der Waals surface area contributed by atoms with Crippen molar-refractivity contribution in [1.82, 2.24) is 0 Å². The van der Waals surface area contributed by atoms with Crippen LogP contribution >= 0.6 is 27.5 Å². The lowest BCUT2D eigenvalue weighted by Crippen LogP contribution is -2.02. The SMILES string of the molecule is CCOc1ccc(NCc2cc(Br)ccc2F)cc1Cl. The van der Waals surface area contributed by atoms with Gasteiger partial charge in [-0.05, 0) is 43.3 Å². The van der Waals surface area contributed by atoms with Gasteiger partial charge in [-0.2, -0.15) is 0 Å². The van der Waals surface area contributed by atoms with Gasteiger partial charge in [-0.25, -0.2) is 4.39 Å². The van der Waals surface area contributed by atoms with Gasteiger partial charge in [0.1, 0.15) is 11.6 Å². The van der Waals surface area contributed by atoms with Crippen LogP contribution in [0.3, 0.4) is 0 Å². The highest BCUT2D eigenvalue weighted by atomic mass is 79.9. The molecule has 0 bridgehead atoms. The minimum atomic E-state index is -0.238. The van der Waals surface area contributed by atoms with Crippen molar-refractivity contribution < 1.29 is 9.13 Å². The molecule has 106 valence electrons. The molecule has 0 aliphatic carbocycles. The number of ether oxygens (including phenoxy) is 1. The van der Waals surface area contributed by atoms with Crippen LogP contribution in [0.5, 0.6) is 5.75 Å². The lowest BCUT2D eigenvalue weighted by molar-refractivity contribution is 0.340. The normalized spacial score (nSPS) is 10.4. The maximum atomic E-state index is 13.6. The van der Waals surface area contributed by atoms with Gasteiger partial charge in [0.05, 0.1) is 11.6 Å². The molecule has 0 saturated heterocycles. The minimum Gasteiger partial charge on any atom is -0.492 e. The number of hydrogen-bond donors (Lipinski definition) is 1. The summed E-state index contributed by atoms with van der Waals surface area (Å²) in [6.45, 7) is 2.85. The third-order valence-corrected chi connectivity index (χ3v) is 3.51. The Hall–Kier alpha value is -1.26. The van der Waals surface area contributed by atoms with Crippen LogP contribution in [0.1, 0.15) is 12.5 Å². The molecular weight excluding hydrogens is 345 g/mol. The Balaban J connectivity index is 2.07. The Morgan fingerprint density at radius 3 is 2.75 bits per heavy atom. The first-order chi connectivity index (χ1) is 9.60. The van der Waals surface area contributed by atoms with E-state index in [4.69, 9.17) is 16.3 Å². The monoisotopic (exact) mass is 357 g/mol. The van der Waals surface area contributed by atoms with Crippen molar-refractivity contribution in [1.29, 1.82) is 0 Å². The summed E-state index contributed by atoms with van der Waals surface area (Å²) >= 11 is 9.43. The zero-order chi connectivity index (χ0) is 14.5. The highest BCUT2D eigenvalue weighted by Crippen LogP contribution is 2.28. The molecule has 0 aliphatic rings. The van der Waals surface area contributed by atoms with Crippen molar-refractivity contribution in [3.05, 3.63) is 57.3 Å². The van der Waals surface area contributed by atoms with Gasteiger partial charge in [0, 0.05) is 22.3 Å². The first-order valence-corrected chi connectivity index (χ1v) is 7.37. The molecular formula is C15H14BrClFNO. The fourth-order valence-electron chi connectivity index (χ4n) is 1.76. The van der Waals surface area contributed by atoms with E-state index in [9.17, 15) is 4.39 Å². The average Bonchev–Trinajstić information content (AvgIpc) is 2.43. The molecule has 0 radical (unpaired) electrons. The Morgan fingerprint density at radius 2 is 2.05 bits per heavy atom. The van der Waals surface area contributed by atoms with E-state index < -0.39 is 0 Å². The highest BCUT2D eigenvalue weighted by molar-refractivity contribution is 9.10. The second kappa shape index (κ2) is 6.95. The molecule has 1 N–H and O–H groups in total. The third kappa shape index (κ3) is 3.87.